The van der Waals surface area contributed by atoms with Crippen LogP contribution in [0.25, 0.3) is 0 Å². The number of carboxylic acids is 1. The summed E-state index contributed by atoms with van der Waals surface area (Å²) in [5, 5.41) is 8.90. The van der Waals surface area contributed by atoms with E-state index in [1.807, 2.05) is 0 Å². The molecule has 0 spiro atoms. The predicted octanol–water partition coefficient (Wildman–Crippen LogP) is 8.11. The van der Waals surface area contributed by atoms with Gasteiger partial charge in [0.15, 0.2) is 8.32 Å². The Morgan fingerprint density at radius 2 is 1.57 bits per heavy atom. The minimum absolute atomic E-state index is 0.263. The van der Waals surface area contributed by atoms with E-state index < -0.39 is 14.3 Å². The van der Waals surface area contributed by atoms with Gasteiger partial charge in [0.2, 0.25) is 0 Å². The lowest BCUT2D eigenvalue weighted by molar-refractivity contribution is -0.137. The second-order valence-corrected chi connectivity index (χ2v) is 14.5. The Kier molecular flexibility index (Phi) is 14.9. The van der Waals surface area contributed by atoms with Crippen molar-refractivity contribution in [1.29, 1.82) is 0 Å². The van der Waals surface area contributed by atoms with Gasteiger partial charge in [0, 0.05) is 12.5 Å². The van der Waals surface area contributed by atoms with Crippen molar-refractivity contribution in [1.82, 2.24) is 0 Å². The smallest absolute Gasteiger partial charge is 0.303 e. The average molecular weight is 413 g/mol. The van der Waals surface area contributed by atoms with Crippen LogP contribution in [0.3, 0.4) is 0 Å². The zero-order valence-electron chi connectivity index (χ0n) is 19.7. The molecule has 28 heavy (non-hydrogen) atoms. The van der Waals surface area contributed by atoms with E-state index in [2.05, 4.69) is 52.9 Å². The fourth-order valence-electron chi connectivity index (χ4n) is 3.05. The topological polar surface area (TPSA) is 46.5 Å². The van der Waals surface area contributed by atoms with E-state index in [4.69, 9.17) is 9.53 Å². The number of hydrogen-bond donors (Lipinski definition) is 1. The van der Waals surface area contributed by atoms with Crippen LogP contribution in [0, 0.1) is 0 Å². The summed E-state index contributed by atoms with van der Waals surface area (Å²) >= 11 is 0. The maximum Gasteiger partial charge on any atom is 0.303 e. The zero-order valence-corrected chi connectivity index (χ0v) is 20.7. The van der Waals surface area contributed by atoms with E-state index in [1.54, 1.807) is 0 Å². The van der Waals surface area contributed by atoms with Gasteiger partial charge in [-0.3, -0.25) is 4.79 Å². The molecule has 0 bridgehead atoms. The molecule has 3 nitrogen and oxygen atoms in total. The van der Waals surface area contributed by atoms with Crippen molar-refractivity contribution in [2.45, 2.75) is 135 Å². The maximum atomic E-state index is 10.5. The molecule has 0 rings (SSSR count). The summed E-state index contributed by atoms with van der Waals surface area (Å²) in [6.45, 7) is 13.9. The Labute approximate surface area is 176 Å². The van der Waals surface area contributed by atoms with E-state index in [9.17, 15) is 4.79 Å². The third-order valence-electron chi connectivity index (χ3n) is 5.97. The summed E-state index contributed by atoms with van der Waals surface area (Å²) in [5.74, 6) is -0.674. The van der Waals surface area contributed by atoms with Crippen molar-refractivity contribution in [3.05, 3.63) is 12.2 Å². The largest absolute Gasteiger partial charge is 0.481 e. The van der Waals surface area contributed by atoms with Crippen LogP contribution in [-0.2, 0) is 9.22 Å². The van der Waals surface area contributed by atoms with Crippen LogP contribution >= 0.6 is 0 Å². The quantitative estimate of drug-likeness (QED) is 0.149. The molecule has 0 heterocycles. The molecule has 0 radical (unpaired) electrons. The van der Waals surface area contributed by atoms with E-state index in [0.29, 0.717) is 12.5 Å². The average Bonchev–Trinajstić information content (AvgIpc) is 2.58. The van der Waals surface area contributed by atoms with Crippen LogP contribution in [0.5, 0.6) is 0 Å². The van der Waals surface area contributed by atoms with Gasteiger partial charge in [-0.2, -0.15) is 0 Å². The van der Waals surface area contributed by atoms with E-state index in [0.717, 1.165) is 32.1 Å². The molecule has 0 aromatic rings. The van der Waals surface area contributed by atoms with Crippen molar-refractivity contribution in [3.8, 4) is 0 Å². The molecular weight excluding hydrogens is 364 g/mol. The molecule has 0 amide bonds. The van der Waals surface area contributed by atoms with Gasteiger partial charge in [-0.15, -0.1) is 0 Å². The molecule has 1 N–H and O–H groups in total. The van der Waals surface area contributed by atoms with Crippen LogP contribution in [-0.4, -0.2) is 25.5 Å². The Morgan fingerprint density at radius 1 is 0.964 bits per heavy atom. The molecule has 1 atom stereocenters. The summed E-state index contributed by atoms with van der Waals surface area (Å²) < 4.78 is 6.71. The molecule has 0 aliphatic carbocycles. The molecule has 0 saturated heterocycles. The molecule has 0 aliphatic heterocycles. The van der Waals surface area contributed by atoms with Crippen molar-refractivity contribution in [3.63, 3.8) is 0 Å². The lowest BCUT2D eigenvalue weighted by atomic mass is 10.1. The first-order valence-electron chi connectivity index (χ1n) is 11.6. The first kappa shape index (κ1) is 27.4. The number of rotatable bonds is 17. The first-order valence-corrected chi connectivity index (χ1v) is 14.6. The lowest BCUT2D eigenvalue weighted by Crippen LogP contribution is -2.43. The molecule has 0 fully saturated rings. The SMILES string of the molecule is CCCCCC[C@H](CC=CCCCCCCCC(=O)O)O[Si](C)(C)C(C)(C)C. The first-order chi connectivity index (χ1) is 13.1. The lowest BCUT2D eigenvalue weighted by Gasteiger charge is -2.39. The Bertz CT molecular complexity index is 424. The Morgan fingerprint density at radius 3 is 2.18 bits per heavy atom. The number of unbranched alkanes of at least 4 members (excludes halogenated alkanes) is 8. The monoisotopic (exact) mass is 412 g/mol. The van der Waals surface area contributed by atoms with Crippen LogP contribution in [0.15, 0.2) is 12.2 Å². The van der Waals surface area contributed by atoms with Gasteiger partial charge in [0.05, 0.1) is 0 Å². The van der Waals surface area contributed by atoms with Crippen molar-refractivity contribution in [2.24, 2.45) is 0 Å². The third kappa shape index (κ3) is 14.4. The zero-order chi connectivity index (χ0) is 21.5. The van der Waals surface area contributed by atoms with Gasteiger partial charge in [0.1, 0.15) is 0 Å². The summed E-state index contributed by atoms with van der Waals surface area (Å²) in [7, 11) is -1.71. The minimum atomic E-state index is -1.71. The molecule has 0 unspecified atom stereocenters. The molecule has 0 aliphatic rings. The highest BCUT2D eigenvalue weighted by Crippen LogP contribution is 2.38. The van der Waals surface area contributed by atoms with E-state index in [-0.39, 0.29) is 5.04 Å². The third-order valence-corrected chi connectivity index (χ3v) is 10.5. The number of aliphatic carboxylic acids is 1. The summed E-state index contributed by atoms with van der Waals surface area (Å²) in [4.78, 5) is 10.5. The van der Waals surface area contributed by atoms with Gasteiger partial charge < -0.3 is 9.53 Å². The fraction of sp³-hybridized carbons (Fsp3) is 0.875. The number of carbonyl (C=O) groups is 1. The van der Waals surface area contributed by atoms with Gasteiger partial charge >= 0.3 is 5.97 Å². The molecular formula is C24H48O3Si. The summed E-state index contributed by atoms with van der Waals surface area (Å²) in [5.41, 5.74) is 0. The maximum absolute atomic E-state index is 10.5. The van der Waals surface area contributed by atoms with Crippen LogP contribution in [0.2, 0.25) is 18.1 Å². The van der Waals surface area contributed by atoms with Gasteiger partial charge in [-0.05, 0) is 50.2 Å². The number of allylic oxidation sites excluding steroid dienone is 1. The summed E-state index contributed by atoms with van der Waals surface area (Å²) in [6, 6.07) is 0. The van der Waals surface area contributed by atoms with Gasteiger partial charge in [-0.25, -0.2) is 0 Å². The van der Waals surface area contributed by atoms with Crippen molar-refractivity contribution < 1.29 is 14.3 Å². The van der Waals surface area contributed by atoms with Crippen molar-refractivity contribution >= 4 is 14.3 Å². The normalized spacial score (nSPS) is 13.9. The van der Waals surface area contributed by atoms with Crippen LogP contribution in [0.4, 0.5) is 0 Å². The van der Waals surface area contributed by atoms with E-state index >= 15 is 0 Å². The second kappa shape index (κ2) is 15.3. The molecule has 4 heteroatoms. The fourth-order valence-corrected chi connectivity index (χ4v) is 4.45. The summed E-state index contributed by atoms with van der Waals surface area (Å²) in [6.07, 6.45) is 19.3. The van der Waals surface area contributed by atoms with Gasteiger partial charge in [0.25, 0.3) is 0 Å². The highest BCUT2D eigenvalue weighted by molar-refractivity contribution is 6.74. The predicted molar refractivity (Wildman–Crippen MR) is 125 cm³/mol. The highest BCUT2D eigenvalue weighted by Gasteiger charge is 2.38. The van der Waals surface area contributed by atoms with Gasteiger partial charge in [-0.1, -0.05) is 84.8 Å². The second-order valence-electron chi connectivity index (χ2n) is 9.76. The number of carboxylic acid groups (broad SMARTS) is 1. The molecule has 166 valence electrons. The molecule has 0 aromatic carbocycles. The van der Waals surface area contributed by atoms with E-state index in [1.165, 1.54) is 44.9 Å². The molecule has 0 aromatic heterocycles. The molecule has 0 saturated carbocycles. The Hall–Kier alpha value is -0.613. The standard InChI is InChI=1S/C24H48O3Si/c1-7-8-9-16-19-22(27-28(5,6)24(2,3)4)20-17-14-12-10-11-13-15-18-21-23(25)26/h14,17,22H,7-13,15-16,18-21H2,1-6H3,(H,25,26)/t22-/m1/s1. The number of hydrogen-bond acceptors (Lipinski definition) is 2. The van der Waals surface area contributed by atoms with Crippen LogP contribution in [0.1, 0.15) is 111 Å². The Balaban J connectivity index is 4.21. The van der Waals surface area contributed by atoms with Crippen molar-refractivity contribution in [2.75, 3.05) is 0 Å². The minimum Gasteiger partial charge on any atom is -0.481 e. The van der Waals surface area contributed by atoms with Crippen LogP contribution < -0.4 is 0 Å². The highest BCUT2D eigenvalue weighted by atomic mass is 28.4.